The minimum atomic E-state index is -0.303. The Bertz CT molecular complexity index is 862. The van der Waals surface area contributed by atoms with Crippen molar-refractivity contribution in [3.8, 4) is 0 Å². The summed E-state index contributed by atoms with van der Waals surface area (Å²) in [5.41, 5.74) is 3.32. The van der Waals surface area contributed by atoms with Crippen LogP contribution in [0.15, 0.2) is 52.2 Å². The van der Waals surface area contributed by atoms with Gasteiger partial charge < -0.3 is 9.47 Å². The van der Waals surface area contributed by atoms with E-state index in [-0.39, 0.29) is 5.54 Å². The highest BCUT2D eigenvalue weighted by Gasteiger charge is 2.54. The predicted octanol–water partition coefficient (Wildman–Crippen LogP) is 4.17. The molecule has 4 rings (SSSR count). The maximum atomic E-state index is 5.74. The fourth-order valence-corrected chi connectivity index (χ4v) is 5.07. The first-order valence-electron chi connectivity index (χ1n) is 8.49. The van der Waals surface area contributed by atoms with E-state index in [4.69, 9.17) is 14.5 Å². The predicted molar refractivity (Wildman–Crippen MR) is 101 cm³/mol. The third-order valence-corrected chi connectivity index (χ3v) is 5.97. The monoisotopic (exact) mass is 357 g/mol. The zero-order chi connectivity index (χ0) is 17.8. The topological polar surface area (TPSA) is 39.5 Å². The molecular weight excluding hydrogens is 334 g/mol. The van der Waals surface area contributed by atoms with Gasteiger partial charge in [0.2, 0.25) is 5.95 Å². The summed E-state index contributed by atoms with van der Waals surface area (Å²) in [6.45, 7) is 6.45. The fourth-order valence-electron chi connectivity index (χ4n) is 4.35. The first kappa shape index (κ1) is 16.4. The maximum absolute atomic E-state index is 5.74. The van der Waals surface area contributed by atoms with E-state index in [1.165, 1.54) is 11.3 Å². The molecule has 1 aromatic heterocycles. The van der Waals surface area contributed by atoms with E-state index in [1.807, 2.05) is 12.3 Å². The Labute approximate surface area is 152 Å². The zero-order valence-corrected chi connectivity index (χ0v) is 16.1. The molecule has 5 nitrogen and oxygen atoms in total. The van der Waals surface area contributed by atoms with Gasteiger partial charge in [0.25, 0.3) is 0 Å². The van der Waals surface area contributed by atoms with Crippen molar-refractivity contribution in [2.45, 2.75) is 37.8 Å². The molecule has 25 heavy (non-hydrogen) atoms. The first-order valence-corrected chi connectivity index (χ1v) is 9.47. The van der Waals surface area contributed by atoms with Gasteiger partial charge in [-0.15, -0.1) is 11.8 Å². The minimum absolute atomic E-state index is 0.303. The maximum Gasteiger partial charge on any atom is 0.219 e. The molecule has 0 amide bonds. The van der Waals surface area contributed by atoms with Gasteiger partial charge in [-0.25, -0.2) is 4.98 Å². The number of hydrogen-bond donors (Lipinski definition) is 0. The highest BCUT2D eigenvalue weighted by atomic mass is 32.2. The number of aromatic nitrogens is 2. The molecule has 0 bridgehead atoms. The van der Waals surface area contributed by atoms with Crippen LogP contribution in [0.2, 0.25) is 0 Å². The zero-order valence-electron chi connectivity index (χ0n) is 15.3. The van der Waals surface area contributed by atoms with Crippen LogP contribution in [0.5, 0.6) is 0 Å². The van der Waals surface area contributed by atoms with Crippen molar-refractivity contribution >= 4 is 23.4 Å². The second-order valence-electron chi connectivity index (χ2n) is 6.46. The quantitative estimate of drug-likeness (QED) is 0.757. The standard InChI is InChI=1S/C19H23N3O2S/c1-6-25-15-11-20-18-21(15)17-13(3)16(24-5)12(2)10-19(17)9-7-8-14(23-4)22(18)19/h7-9,11H,6,10H2,1-5H3. The summed E-state index contributed by atoms with van der Waals surface area (Å²) in [7, 11) is 3.47. The van der Waals surface area contributed by atoms with Crippen LogP contribution in [0.25, 0.3) is 5.70 Å². The largest absolute Gasteiger partial charge is 0.496 e. The molecule has 3 aliphatic rings. The second-order valence-corrected chi connectivity index (χ2v) is 7.74. The average Bonchev–Trinajstić information content (AvgIpc) is 3.10. The molecular formula is C19H23N3O2S. The number of nitrogens with zero attached hydrogens (tertiary/aromatic N) is 3. The summed E-state index contributed by atoms with van der Waals surface area (Å²) in [5, 5.41) is 1.15. The van der Waals surface area contributed by atoms with Crippen LogP contribution < -0.4 is 4.90 Å². The summed E-state index contributed by atoms with van der Waals surface area (Å²) < 4.78 is 13.7. The van der Waals surface area contributed by atoms with Crippen molar-refractivity contribution in [1.29, 1.82) is 0 Å². The number of ether oxygens (including phenoxy) is 2. The Hall–Kier alpha value is -2.08. The number of hydrogen-bond acceptors (Lipinski definition) is 5. The van der Waals surface area contributed by atoms with Crippen LogP contribution in [0, 0.1) is 0 Å². The summed E-state index contributed by atoms with van der Waals surface area (Å²) in [6.07, 6.45) is 9.16. The van der Waals surface area contributed by atoms with E-state index >= 15 is 0 Å². The first-order chi connectivity index (χ1) is 12.1. The molecule has 0 aromatic carbocycles. The van der Waals surface area contributed by atoms with Gasteiger partial charge >= 0.3 is 0 Å². The van der Waals surface area contributed by atoms with Crippen molar-refractivity contribution in [1.82, 2.24) is 9.55 Å². The number of rotatable bonds is 4. The summed E-state index contributed by atoms with van der Waals surface area (Å²) in [5.74, 6) is 3.71. The number of anilines is 1. The molecule has 132 valence electrons. The molecule has 0 radical (unpaired) electrons. The van der Waals surface area contributed by atoms with Crippen molar-refractivity contribution < 1.29 is 9.47 Å². The van der Waals surface area contributed by atoms with Gasteiger partial charge in [0.05, 0.1) is 26.1 Å². The normalized spacial score (nSPS) is 24.2. The van der Waals surface area contributed by atoms with Gasteiger partial charge in [-0.1, -0.05) is 19.1 Å². The Balaban J connectivity index is 2.03. The van der Waals surface area contributed by atoms with E-state index in [0.29, 0.717) is 0 Å². The molecule has 3 heterocycles. The highest BCUT2D eigenvalue weighted by Crippen LogP contribution is 2.55. The molecule has 1 unspecified atom stereocenters. The van der Waals surface area contributed by atoms with Crippen LogP contribution in [0.3, 0.4) is 0 Å². The Morgan fingerprint density at radius 3 is 2.76 bits per heavy atom. The van der Waals surface area contributed by atoms with E-state index in [2.05, 4.69) is 42.4 Å². The summed E-state index contributed by atoms with van der Waals surface area (Å²) >= 11 is 1.80. The van der Waals surface area contributed by atoms with Crippen LogP contribution in [0.1, 0.15) is 27.2 Å². The molecule has 1 aromatic rings. The molecule has 1 aliphatic carbocycles. The smallest absolute Gasteiger partial charge is 0.219 e. The van der Waals surface area contributed by atoms with Crippen molar-refractivity contribution in [3.63, 3.8) is 0 Å². The highest BCUT2D eigenvalue weighted by molar-refractivity contribution is 7.99. The lowest BCUT2D eigenvalue weighted by Crippen LogP contribution is -2.48. The van der Waals surface area contributed by atoms with E-state index in [9.17, 15) is 0 Å². The van der Waals surface area contributed by atoms with E-state index < -0.39 is 0 Å². The van der Waals surface area contributed by atoms with Crippen LogP contribution in [0.4, 0.5) is 5.95 Å². The third kappa shape index (κ3) is 2.00. The summed E-state index contributed by atoms with van der Waals surface area (Å²) in [4.78, 5) is 6.97. The van der Waals surface area contributed by atoms with Gasteiger partial charge in [0, 0.05) is 12.0 Å². The number of thioether (sulfide) groups is 1. The molecule has 0 saturated heterocycles. The molecule has 1 spiro atoms. The molecule has 2 aliphatic heterocycles. The van der Waals surface area contributed by atoms with Crippen molar-refractivity contribution in [2.75, 3.05) is 24.9 Å². The van der Waals surface area contributed by atoms with Gasteiger partial charge in [-0.2, -0.15) is 0 Å². The Kier molecular flexibility index (Phi) is 3.76. The number of imidazole rings is 1. The van der Waals surface area contributed by atoms with Crippen LogP contribution in [-0.4, -0.2) is 35.1 Å². The lowest BCUT2D eigenvalue weighted by Gasteiger charge is -2.42. The molecule has 0 saturated carbocycles. The van der Waals surface area contributed by atoms with Gasteiger partial charge in [0.15, 0.2) is 5.88 Å². The number of fused-ring (bicyclic) bond motifs is 3. The second kappa shape index (κ2) is 5.73. The van der Waals surface area contributed by atoms with E-state index in [1.54, 1.807) is 26.0 Å². The lowest BCUT2D eigenvalue weighted by molar-refractivity contribution is 0.262. The van der Waals surface area contributed by atoms with Crippen molar-refractivity contribution in [3.05, 3.63) is 47.2 Å². The molecule has 0 fully saturated rings. The minimum Gasteiger partial charge on any atom is -0.496 e. The van der Waals surface area contributed by atoms with Crippen molar-refractivity contribution in [2.24, 2.45) is 0 Å². The average molecular weight is 357 g/mol. The third-order valence-electron chi connectivity index (χ3n) is 5.10. The Morgan fingerprint density at radius 1 is 1.28 bits per heavy atom. The van der Waals surface area contributed by atoms with E-state index in [0.717, 1.165) is 40.4 Å². The number of allylic oxidation sites excluding steroid dienone is 3. The molecule has 6 heteroatoms. The SMILES string of the molecule is CCSc1cnc2n1C1=C(C)C(OC)=C(C)CC13C=CC=C(OC)N23. The summed E-state index contributed by atoms with van der Waals surface area (Å²) in [6, 6.07) is 0. The fraction of sp³-hybridized carbons (Fsp3) is 0.421. The molecule has 1 atom stereocenters. The van der Waals surface area contributed by atoms with Gasteiger partial charge in [0.1, 0.15) is 16.3 Å². The number of methoxy groups -OCH3 is 2. The van der Waals surface area contributed by atoms with Gasteiger partial charge in [-0.3, -0.25) is 9.47 Å². The van der Waals surface area contributed by atoms with Crippen LogP contribution >= 0.6 is 11.8 Å². The Morgan fingerprint density at radius 2 is 2.08 bits per heavy atom. The van der Waals surface area contributed by atoms with Gasteiger partial charge in [-0.05, 0) is 31.2 Å². The lowest BCUT2D eigenvalue weighted by atomic mass is 9.78. The van der Waals surface area contributed by atoms with Crippen LogP contribution in [-0.2, 0) is 9.47 Å². The molecule has 0 N–H and O–H groups in total.